The molecule has 0 spiro atoms. The topological polar surface area (TPSA) is 0 Å². The van der Waals surface area contributed by atoms with Crippen LogP contribution in [0.25, 0.3) is 0 Å². The van der Waals surface area contributed by atoms with Crippen LogP contribution in [-0.2, 0) is 0 Å². The van der Waals surface area contributed by atoms with Gasteiger partial charge in [0.15, 0.2) is 0 Å². The van der Waals surface area contributed by atoms with Crippen molar-refractivity contribution in [2.45, 2.75) is 0 Å². The monoisotopic (exact) mass is 296 g/mol. The van der Waals surface area contributed by atoms with Gasteiger partial charge in [-0.2, -0.15) is 0 Å². The van der Waals surface area contributed by atoms with Crippen molar-refractivity contribution in [3.05, 3.63) is 0 Å². The number of hydrogen-bond donors (Lipinski definition) is 0. The summed E-state index contributed by atoms with van der Waals surface area (Å²) in [6.07, 6.45) is 0. The molecule has 0 fully saturated rings. The molecule has 0 bridgehead atoms. The molecule has 0 N–H and O–H groups in total. The Morgan fingerprint density at radius 2 is 1.11 bits per heavy atom. The van der Waals surface area contributed by atoms with Crippen LogP contribution in [0.2, 0.25) is 0 Å². The van der Waals surface area contributed by atoms with Crippen LogP contribution >= 0.6 is 43.6 Å². The molecule has 0 aromatic heterocycles. The summed E-state index contributed by atoms with van der Waals surface area (Å²) in [5.41, 5.74) is 0. The van der Waals surface area contributed by atoms with Gasteiger partial charge in [0.05, 0.1) is 0 Å². The van der Waals surface area contributed by atoms with E-state index in [1.54, 1.807) is 0 Å². The van der Waals surface area contributed by atoms with Gasteiger partial charge in [-0.1, -0.05) is 22.8 Å². The van der Waals surface area contributed by atoms with Crippen LogP contribution in [0.5, 0.6) is 0 Å². The molecule has 0 rings (SSSR count). The summed E-state index contributed by atoms with van der Waals surface area (Å²) in [5.74, 6) is 0. The van der Waals surface area contributed by atoms with Crippen LogP contribution in [0.15, 0.2) is 0 Å². The van der Waals surface area contributed by atoms with Crippen LogP contribution in [-0.4, -0.2) is 33.3 Å². The Labute approximate surface area is 76.7 Å². The van der Waals surface area contributed by atoms with Gasteiger partial charge in [-0.25, -0.2) is 0 Å². The van der Waals surface area contributed by atoms with E-state index in [1.807, 2.05) is 0 Å². The first-order chi connectivity index (χ1) is 3.65. The van der Waals surface area contributed by atoms with Gasteiger partial charge in [0.2, 0.25) is 0 Å². The normalized spacial score (nSPS) is 16.1. The molecule has 0 aromatic rings. The van der Waals surface area contributed by atoms with E-state index in [1.165, 1.54) is 0 Å². The van der Waals surface area contributed by atoms with Crippen molar-refractivity contribution in [2.24, 2.45) is 0 Å². The van der Waals surface area contributed by atoms with Crippen LogP contribution < -0.4 is 0 Å². The molecule has 1 atom stereocenters. The Balaban J connectivity index is 0. The molecule has 0 amide bonds. The first-order valence-corrected chi connectivity index (χ1v) is 12.4. The minimum atomic E-state index is -1.24. The van der Waals surface area contributed by atoms with Gasteiger partial charge in [-0.05, 0) is 6.66 Å². The molecule has 1 unspecified atom stereocenters. The second kappa shape index (κ2) is 4.65. The molecule has 0 aliphatic rings. The van der Waals surface area contributed by atoms with Crippen molar-refractivity contribution in [3.63, 3.8) is 0 Å². The molecule has 0 nitrogen and oxygen atoms in total. The third-order valence-electron chi connectivity index (χ3n) is 0. The second-order valence-electron chi connectivity index (χ2n) is 3.55. The van der Waals surface area contributed by atoms with Gasteiger partial charge in [0, 0.05) is 0 Å². The average Bonchev–Trinajstić information content (AvgIpc) is 1.23. The van der Waals surface area contributed by atoms with Crippen molar-refractivity contribution in [1.82, 2.24) is 0 Å². The summed E-state index contributed by atoms with van der Waals surface area (Å²) < 4.78 is 0. The predicted molar refractivity (Wildman–Crippen MR) is 62.7 cm³/mol. The Morgan fingerprint density at radius 3 is 1.11 bits per heavy atom. The van der Waals surface area contributed by atoms with Crippen LogP contribution in [0.1, 0.15) is 0 Å². The quantitative estimate of drug-likeness (QED) is 0.594. The van der Waals surface area contributed by atoms with Gasteiger partial charge >= 0.3 is 47.5 Å². The molecule has 0 aliphatic carbocycles. The molecular weight excluding hydrogens is 282 g/mol. The Kier molecular flexibility index (Phi) is 6.93. The van der Waals surface area contributed by atoms with Crippen molar-refractivity contribution in [1.29, 1.82) is 0 Å². The summed E-state index contributed by atoms with van der Waals surface area (Å²) in [4.78, 5) is 0. The first-order valence-electron chi connectivity index (χ1n) is 2.65. The molecule has 0 radical (unpaired) electrons. The standard InChI is InChI=1S/C4H12BrP.CH4BrP/c1-6(2,3,4)5;1-3-2/h1-4H3;3H,1H3. The number of hydrogen-bond acceptors (Lipinski definition) is 0. The Hall–Kier alpha value is 1.82. The van der Waals surface area contributed by atoms with Crippen molar-refractivity contribution in [3.8, 4) is 0 Å². The van der Waals surface area contributed by atoms with Crippen molar-refractivity contribution < 1.29 is 0 Å². The summed E-state index contributed by atoms with van der Waals surface area (Å²) in [5, 5.41) is -1.24. The molecule has 0 saturated carbocycles. The molecule has 4 heteroatoms. The van der Waals surface area contributed by atoms with E-state index in [0.717, 1.165) is 7.28 Å². The molecule has 0 aliphatic heterocycles. The zero-order valence-corrected chi connectivity index (χ0v) is 11.8. The second-order valence-corrected chi connectivity index (χ2v) is 21.5. The minimum absolute atomic E-state index is 0.896. The maximum absolute atomic E-state index is 3.61. The van der Waals surface area contributed by atoms with Gasteiger partial charge in [-0.3, -0.25) is 0 Å². The zero-order valence-electron chi connectivity index (χ0n) is 6.70. The Bertz CT molecular complexity index is 55.8. The fourth-order valence-corrected chi connectivity index (χ4v) is 0. The van der Waals surface area contributed by atoms with E-state index in [9.17, 15) is 0 Å². The van der Waals surface area contributed by atoms with E-state index in [-0.39, 0.29) is 0 Å². The summed E-state index contributed by atoms with van der Waals surface area (Å²) in [7, 11) is 0.896. The molecule has 0 saturated heterocycles. The molecule has 0 heterocycles. The van der Waals surface area contributed by atoms with Gasteiger partial charge in [0.25, 0.3) is 0 Å². The smallest absolute Gasteiger partial charge is 0.0373 e. The molecule has 0 aromatic carbocycles. The summed E-state index contributed by atoms with van der Waals surface area (Å²) >= 11 is 6.78. The SMILES string of the molecule is CP(C)(C)(C)Br.CPBr. The van der Waals surface area contributed by atoms with E-state index in [0.29, 0.717) is 0 Å². The van der Waals surface area contributed by atoms with Crippen molar-refractivity contribution in [2.75, 3.05) is 33.3 Å². The number of rotatable bonds is 0. The van der Waals surface area contributed by atoms with Gasteiger partial charge < -0.3 is 0 Å². The third kappa shape index (κ3) is 181. The van der Waals surface area contributed by atoms with E-state index in [4.69, 9.17) is 0 Å². The maximum atomic E-state index is 3.61. The summed E-state index contributed by atoms with van der Waals surface area (Å²) in [6, 6.07) is 0. The van der Waals surface area contributed by atoms with Crippen molar-refractivity contribution >= 4 is 43.6 Å². The molecule has 60 valence electrons. The average molecular weight is 298 g/mol. The molecule has 9 heavy (non-hydrogen) atoms. The van der Waals surface area contributed by atoms with Gasteiger partial charge in [0.1, 0.15) is 0 Å². The predicted octanol–water partition coefficient (Wildman–Crippen LogP) is 3.97. The van der Waals surface area contributed by atoms with Crippen LogP contribution in [0, 0.1) is 0 Å². The van der Waals surface area contributed by atoms with Crippen LogP contribution in [0.3, 0.4) is 0 Å². The molecular formula is C5H16Br2P2. The largest absolute Gasteiger partial charge is 0.0645 e. The van der Waals surface area contributed by atoms with E-state index < -0.39 is 5.31 Å². The fourth-order valence-electron chi connectivity index (χ4n) is 0. The fraction of sp³-hybridized carbons (Fsp3) is 1.00. The van der Waals surface area contributed by atoms with E-state index in [2.05, 4.69) is 64.3 Å². The van der Waals surface area contributed by atoms with E-state index >= 15 is 0 Å². The Morgan fingerprint density at radius 1 is 1.11 bits per heavy atom. The van der Waals surface area contributed by atoms with Gasteiger partial charge in [-0.15, -0.1) is 0 Å². The maximum Gasteiger partial charge on any atom is -0.0373 e. The third-order valence-corrected chi connectivity index (χ3v) is 0. The zero-order chi connectivity index (χ0) is 8.15. The first kappa shape index (κ1) is 13.4. The number of halogens is 2. The minimum Gasteiger partial charge on any atom is -0.0645 e. The van der Waals surface area contributed by atoms with Crippen LogP contribution in [0.4, 0.5) is 0 Å². The summed E-state index contributed by atoms with van der Waals surface area (Å²) in [6.45, 7) is 11.1.